The van der Waals surface area contributed by atoms with Gasteiger partial charge in [0.2, 0.25) is 0 Å². The average molecular weight is 246 g/mol. The van der Waals surface area contributed by atoms with Crippen LogP contribution in [0.5, 0.6) is 0 Å². The molecule has 1 atom stereocenters. The molecule has 0 aromatic carbocycles. The monoisotopic (exact) mass is 246 g/mol. The minimum absolute atomic E-state index is 0.158. The summed E-state index contributed by atoms with van der Waals surface area (Å²) in [5, 5.41) is 11.6. The number of ether oxygens (including phenoxy) is 1. The Hall–Kier alpha value is -2.13. The Morgan fingerprint density at radius 3 is 3.28 bits per heavy atom. The number of carbonyl (C=O) groups excluding carboxylic acids is 1. The summed E-state index contributed by atoms with van der Waals surface area (Å²) in [6.07, 6.45) is 1.12. The molecule has 1 fully saturated rings. The Balaban J connectivity index is 2.18. The number of anilines is 1. The van der Waals surface area contributed by atoms with Crippen LogP contribution in [0.2, 0.25) is 0 Å². The highest BCUT2D eigenvalue weighted by Crippen LogP contribution is 2.19. The van der Waals surface area contributed by atoms with E-state index in [2.05, 4.69) is 16.4 Å². The van der Waals surface area contributed by atoms with Gasteiger partial charge in [-0.2, -0.15) is 5.26 Å². The second-order valence-electron chi connectivity index (χ2n) is 3.91. The Morgan fingerprint density at radius 2 is 2.56 bits per heavy atom. The number of nitriles is 1. The number of likely N-dealkylation sites (N-methyl/N-ethyl adjacent to an activating group) is 1. The molecule has 1 aromatic heterocycles. The van der Waals surface area contributed by atoms with E-state index in [1.54, 1.807) is 25.4 Å². The van der Waals surface area contributed by atoms with Crippen LogP contribution in [0.4, 0.5) is 5.82 Å². The molecule has 2 heterocycles. The first kappa shape index (κ1) is 12.3. The number of nitrogens with zero attached hydrogens (tertiary/aromatic N) is 3. The molecule has 1 saturated heterocycles. The molecule has 0 aliphatic carbocycles. The van der Waals surface area contributed by atoms with Crippen LogP contribution in [0, 0.1) is 11.3 Å². The molecule has 1 N–H and O–H groups in total. The molecule has 94 valence electrons. The highest BCUT2D eigenvalue weighted by atomic mass is 16.5. The molecule has 1 aliphatic rings. The van der Waals surface area contributed by atoms with Crippen molar-refractivity contribution in [2.45, 2.75) is 6.10 Å². The number of rotatable bonds is 2. The van der Waals surface area contributed by atoms with Crippen LogP contribution in [0.3, 0.4) is 0 Å². The fraction of sp³-hybridized carbons (Fsp3) is 0.417. The smallest absolute Gasteiger partial charge is 0.250 e. The number of hydrogen-bond donors (Lipinski definition) is 1. The van der Waals surface area contributed by atoms with Crippen LogP contribution >= 0.6 is 0 Å². The van der Waals surface area contributed by atoms with Crippen LogP contribution in [-0.2, 0) is 9.53 Å². The van der Waals surface area contributed by atoms with E-state index >= 15 is 0 Å². The summed E-state index contributed by atoms with van der Waals surface area (Å²) >= 11 is 0. The van der Waals surface area contributed by atoms with Crippen molar-refractivity contribution in [3.63, 3.8) is 0 Å². The molecule has 0 radical (unpaired) electrons. The molecular weight excluding hydrogens is 232 g/mol. The van der Waals surface area contributed by atoms with Crippen LogP contribution in [0.1, 0.15) is 5.56 Å². The molecule has 1 aliphatic heterocycles. The summed E-state index contributed by atoms with van der Waals surface area (Å²) in [5.41, 5.74) is 0.509. The lowest BCUT2D eigenvalue weighted by molar-refractivity contribution is -0.132. The van der Waals surface area contributed by atoms with Gasteiger partial charge in [-0.3, -0.25) is 4.79 Å². The quantitative estimate of drug-likeness (QED) is 0.788. The Bertz CT molecular complexity index is 483. The summed E-state index contributed by atoms with van der Waals surface area (Å²) in [6.45, 7) is 1.48. The minimum atomic E-state index is -0.516. The molecule has 1 amide bonds. The van der Waals surface area contributed by atoms with Crippen molar-refractivity contribution < 1.29 is 9.53 Å². The first-order chi connectivity index (χ1) is 8.76. The van der Waals surface area contributed by atoms with Crippen LogP contribution in [0.15, 0.2) is 18.3 Å². The molecule has 0 spiro atoms. The summed E-state index contributed by atoms with van der Waals surface area (Å²) in [7, 11) is 1.58. The fourth-order valence-electron chi connectivity index (χ4n) is 1.90. The highest BCUT2D eigenvalue weighted by Gasteiger charge is 2.27. The van der Waals surface area contributed by atoms with Gasteiger partial charge in [-0.25, -0.2) is 4.98 Å². The largest absolute Gasteiger partial charge is 0.365 e. The van der Waals surface area contributed by atoms with E-state index in [0.717, 1.165) is 0 Å². The summed E-state index contributed by atoms with van der Waals surface area (Å²) in [6, 6.07) is 5.54. The number of hydrogen-bond acceptors (Lipinski definition) is 5. The predicted molar refractivity (Wildman–Crippen MR) is 65.0 cm³/mol. The van der Waals surface area contributed by atoms with E-state index in [0.29, 0.717) is 31.1 Å². The number of amides is 1. The SMILES string of the molecule is CNC(=O)C1CN(c2ncccc2C#N)CCO1. The van der Waals surface area contributed by atoms with Crippen LogP contribution in [0.25, 0.3) is 0 Å². The minimum Gasteiger partial charge on any atom is -0.365 e. The van der Waals surface area contributed by atoms with Gasteiger partial charge >= 0.3 is 0 Å². The lowest BCUT2D eigenvalue weighted by Gasteiger charge is -2.33. The van der Waals surface area contributed by atoms with E-state index < -0.39 is 6.10 Å². The standard InChI is InChI=1S/C12H14N4O2/c1-14-12(17)10-8-16(5-6-18-10)11-9(7-13)3-2-4-15-11/h2-4,10H,5-6,8H2,1H3,(H,14,17). The lowest BCUT2D eigenvalue weighted by atomic mass is 10.2. The maximum absolute atomic E-state index is 11.6. The van der Waals surface area contributed by atoms with Crippen molar-refractivity contribution in [2.75, 3.05) is 31.6 Å². The number of nitrogens with one attached hydrogen (secondary N) is 1. The third-order valence-electron chi connectivity index (χ3n) is 2.81. The summed E-state index contributed by atoms with van der Waals surface area (Å²) < 4.78 is 5.39. The van der Waals surface area contributed by atoms with E-state index in [1.807, 2.05) is 4.90 Å². The number of morpholine rings is 1. The Morgan fingerprint density at radius 1 is 1.72 bits per heavy atom. The third-order valence-corrected chi connectivity index (χ3v) is 2.81. The third kappa shape index (κ3) is 2.41. The average Bonchev–Trinajstić information content (AvgIpc) is 2.46. The van der Waals surface area contributed by atoms with Crippen molar-refractivity contribution >= 4 is 11.7 Å². The van der Waals surface area contributed by atoms with Gasteiger partial charge in [0, 0.05) is 19.8 Å². The van der Waals surface area contributed by atoms with Gasteiger partial charge in [0.25, 0.3) is 5.91 Å². The van der Waals surface area contributed by atoms with Crippen LogP contribution < -0.4 is 10.2 Å². The number of carbonyl (C=O) groups is 1. The van der Waals surface area contributed by atoms with E-state index in [-0.39, 0.29) is 5.91 Å². The topological polar surface area (TPSA) is 78.3 Å². The molecular formula is C12H14N4O2. The fourth-order valence-corrected chi connectivity index (χ4v) is 1.90. The summed E-state index contributed by atoms with van der Waals surface area (Å²) in [5.74, 6) is 0.450. The highest BCUT2D eigenvalue weighted by molar-refractivity contribution is 5.81. The summed E-state index contributed by atoms with van der Waals surface area (Å²) in [4.78, 5) is 17.7. The molecule has 6 nitrogen and oxygen atoms in total. The van der Waals surface area contributed by atoms with E-state index in [9.17, 15) is 4.79 Å². The zero-order valence-electron chi connectivity index (χ0n) is 10.1. The van der Waals surface area contributed by atoms with Gasteiger partial charge in [-0.15, -0.1) is 0 Å². The molecule has 2 rings (SSSR count). The van der Waals surface area contributed by atoms with Gasteiger partial charge in [-0.05, 0) is 12.1 Å². The van der Waals surface area contributed by atoms with Crippen molar-refractivity contribution in [1.82, 2.24) is 10.3 Å². The van der Waals surface area contributed by atoms with Gasteiger partial charge in [0.15, 0.2) is 6.10 Å². The lowest BCUT2D eigenvalue weighted by Crippen LogP contribution is -2.49. The maximum atomic E-state index is 11.6. The van der Waals surface area contributed by atoms with Gasteiger partial charge in [-0.1, -0.05) is 0 Å². The molecule has 0 bridgehead atoms. The number of pyridine rings is 1. The van der Waals surface area contributed by atoms with Crippen molar-refractivity contribution in [2.24, 2.45) is 0 Å². The molecule has 6 heteroatoms. The molecule has 1 unspecified atom stereocenters. The number of aromatic nitrogens is 1. The second kappa shape index (κ2) is 5.47. The van der Waals surface area contributed by atoms with Gasteiger partial charge in [0.1, 0.15) is 11.9 Å². The first-order valence-corrected chi connectivity index (χ1v) is 5.69. The van der Waals surface area contributed by atoms with Crippen molar-refractivity contribution in [3.05, 3.63) is 23.9 Å². The zero-order chi connectivity index (χ0) is 13.0. The Kier molecular flexibility index (Phi) is 3.75. The van der Waals surface area contributed by atoms with Crippen molar-refractivity contribution in [3.8, 4) is 6.07 Å². The predicted octanol–water partition coefficient (Wildman–Crippen LogP) is -0.0955. The second-order valence-corrected chi connectivity index (χ2v) is 3.91. The normalized spacial score (nSPS) is 19.1. The van der Waals surface area contributed by atoms with Gasteiger partial charge < -0.3 is 15.0 Å². The zero-order valence-corrected chi connectivity index (χ0v) is 10.1. The molecule has 1 aromatic rings. The molecule has 0 saturated carbocycles. The van der Waals surface area contributed by atoms with E-state index in [4.69, 9.17) is 10.00 Å². The maximum Gasteiger partial charge on any atom is 0.250 e. The van der Waals surface area contributed by atoms with Gasteiger partial charge in [0.05, 0.1) is 18.7 Å². The first-order valence-electron chi connectivity index (χ1n) is 5.69. The van der Waals surface area contributed by atoms with Crippen LogP contribution in [-0.4, -0.2) is 43.7 Å². The van der Waals surface area contributed by atoms with E-state index in [1.165, 1.54) is 0 Å². The molecule has 18 heavy (non-hydrogen) atoms. The van der Waals surface area contributed by atoms with Crippen molar-refractivity contribution in [1.29, 1.82) is 5.26 Å². The Labute approximate surface area is 105 Å².